The number of nitrogen functional groups attached to an aromatic ring is 1. The van der Waals surface area contributed by atoms with E-state index < -0.39 is 23.3 Å². The van der Waals surface area contributed by atoms with Crippen LogP contribution in [0.25, 0.3) is 16.7 Å². The maximum atomic E-state index is 13.4. The first-order chi connectivity index (χ1) is 9.88. The third-order valence-electron chi connectivity index (χ3n) is 2.95. The number of aromatic nitrogens is 2. The minimum Gasteiger partial charge on any atom is -0.369 e. The summed E-state index contributed by atoms with van der Waals surface area (Å²) in [6.07, 6.45) is 0. The van der Waals surface area contributed by atoms with Crippen molar-refractivity contribution in [3.8, 4) is 5.69 Å². The Morgan fingerprint density at radius 1 is 0.952 bits per heavy atom. The Morgan fingerprint density at radius 2 is 1.57 bits per heavy atom. The van der Waals surface area contributed by atoms with Crippen LogP contribution in [-0.4, -0.2) is 9.55 Å². The van der Waals surface area contributed by atoms with Crippen molar-refractivity contribution >= 4 is 28.6 Å². The monoisotopic (exact) mass is 315 g/mol. The van der Waals surface area contributed by atoms with Crippen molar-refractivity contribution < 1.29 is 17.6 Å². The molecule has 2 N–H and O–H groups in total. The lowest BCUT2D eigenvalue weighted by molar-refractivity contribution is 0.446. The van der Waals surface area contributed by atoms with E-state index >= 15 is 0 Å². The highest BCUT2D eigenvalue weighted by molar-refractivity contribution is 6.31. The molecule has 21 heavy (non-hydrogen) atoms. The van der Waals surface area contributed by atoms with Crippen LogP contribution in [0.4, 0.5) is 23.5 Å². The molecule has 1 heterocycles. The molecule has 0 unspecified atom stereocenters. The largest absolute Gasteiger partial charge is 0.369 e. The van der Waals surface area contributed by atoms with Gasteiger partial charge in [-0.15, -0.1) is 0 Å². The minimum atomic E-state index is -1.59. The molecular weight excluding hydrogens is 310 g/mol. The van der Waals surface area contributed by atoms with Gasteiger partial charge in [0.15, 0.2) is 17.5 Å². The number of nitrogens with two attached hydrogens (primary N) is 1. The smallest absolute Gasteiger partial charge is 0.205 e. The molecule has 0 saturated heterocycles. The molecule has 108 valence electrons. The molecule has 0 atom stereocenters. The van der Waals surface area contributed by atoms with Crippen molar-refractivity contribution in [3.63, 3.8) is 0 Å². The Morgan fingerprint density at radius 3 is 2.19 bits per heavy atom. The number of hydrogen-bond acceptors (Lipinski definition) is 2. The van der Waals surface area contributed by atoms with E-state index in [2.05, 4.69) is 4.98 Å². The molecule has 0 aliphatic carbocycles. The van der Waals surface area contributed by atoms with Gasteiger partial charge in [-0.2, -0.15) is 0 Å². The third kappa shape index (κ3) is 2.09. The summed E-state index contributed by atoms with van der Waals surface area (Å²) in [5.74, 6) is -5.19. The van der Waals surface area contributed by atoms with Crippen molar-refractivity contribution in [2.75, 3.05) is 5.73 Å². The molecule has 0 saturated carbocycles. The molecule has 0 spiro atoms. The van der Waals surface area contributed by atoms with E-state index in [1.807, 2.05) is 0 Å². The van der Waals surface area contributed by atoms with Gasteiger partial charge >= 0.3 is 0 Å². The lowest BCUT2D eigenvalue weighted by Gasteiger charge is -2.08. The van der Waals surface area contributed by atoms with Gasteiger partial charge in [-0.1, -0.05) is 11.6 Å². The van der Waals surface area contributed by atoms with Gasteiger partial charge in [0.1, 0.15) is 5.82 Å². The summed E-state index contributed by atoms with van der Waals surface area (Å²) in [6.45, 7) is 0. The highest BCUT2D eigenvalue weighted by Gasteiger charge is 2.17. The van der Waals surface area contributed by atoms with Crippen LogP contribution in [0, 0.1) is 23.3 Å². The van der Waals surface area contributed by atoms with Crippen LogP contribution in [-0.2, 0) is 0 Å². The summed E-state index contributed by atoms with van der Waals surface area (Å²) in [5, 5.41) is -0.202. The molecule has 3 rings (SSSR count). The summed E-state index contributed by atoms with van der Waals surface area (Å²) in [5.41, 5.74) is 5.98. The molecule has 3 nitrogen and oxygen atoms in total. The van der Waals surface area contributed by atoms with Crippen LogP contribution in [0.3, 0.4) is 0 Å². The van der Waals surface area contributed by atoms with Crippen molar-refractivity contribution in [3.05, 3.63) is 52.6 Å². The number of nitrogens with zero attached hydrogens (tertiary/aromatic N) is 2. The zero-order valence-electron chi connectivity index (χ0n) is 10.2. The normalized spacial score (nSPS) is 11.3. The summed E-state index contributed by atoms with van der Waals surface area (Å²) >= 11 is 5.68. The minimum absolute atomic E-state index is 0.0888. The predicted octanol–water partition coefficient (Wildman–Crippen LogP) is 3.82. The van der Waals surface area contributed by atoms with Gasteiger partial charge in [0.2, 0.25) is 5.95 Å². The summed E-state index contributed by atoms with van der Waals surface area (Å²) in [4.78, 5) is 3.88. The standard InChI is InChI=1S/C13H6ClF4N3/c14-6-3-11-10(4-7(6)15)20-13(19)21(11)5-1-8(16)12(18)9(17)2-5/h1-4H,(H2,19,20). The van der Waals surface area contributed by atoms with Gasteiger partial charge in [-0.3, -0.25) is 4.57 Å². The van der Waals surface area contributed by atoms with Crippen molar-refractivity contribution in [2.24, 2.45) is 0 Å². The molecule has 8 heteroatoms. The number of halogens is 5. The van der Waals surface area contributed by atoms with Crippen LogP contribution >= 0.6 is 11.6 Å². The lowest BCUT2D eigenvalue weighted by Crippen LogP contribution is -2.03. The third-order valence-corrected chi connectivity index (χ3v) is 3.24. The fraction of sp³-hybridized carbons (Fsp3) is 0. The molecule has 0 aliphatic rings. The van der Waals surface area contributed by atoms with Gasteiger partial charge in [0.05, 0.1) is 21.7 Å². The Hall–Kier alpha value is -2.28. The van der Waals surface area contributed by atoms with Gasteiger partial charge in [0.25, 0.3) is 0 Å². The molecule has 2 aromatic carbocycles. The predicted molar refractivity (Wildman–Crippen MR) is 70.3 cm³/mol. The van der Waals surface area contributed by atoms with Crippen LogP contribution in [0.15, 0.2) is 24.3 Å². The number of fused-ring (bicyclic) bond motifs is 1. The van der Waals surface area contributed by atoms with E-state index in [9.17, 15) is 17.6 Å². The molecule has 1 aromatic heterocycles. The second kappa shape index (κ2) is 4.63. The summed E-state index contributed by atoms with van der Waals surface area (Å²) in [6, 6.07) is 3.77. The van der Waals surface area contributed by atoms with E-state index in [1.165, 1.54) is 6.07 Å². The molecule has 0 fully saturated rings. The molecular formula is C13H6ClF4N3. The fourth-order valence-corrected chi connectivity index (χ4v) is 2.19. The van der Waals surface area contributed by atoms with E-state index in [4.69, 9.17) is 17.3 Å². The second-order valence-corrected chi connectivity index (χ2v) is 4.69. The Kier molecular flexibility index (Phi) is 3.02. The van der Waals surface area contributed by atoms with E-state index in [0.29, 0.717) is 0 Å². The SMILES string of the molecule is Nc1nc2cc(F)c(Cl)cc2n1-c1cc(F)c(F)c(F)c1. The zero-order chi connectivity index (χ0) is 15.3. The van der Waals surface area contributed by atoms with Crippen molar-refractivity contribution in [1.29, 1.82) is 0 Å². The second-order valence-electron chi connectivity index (χ2n) is 4.28. The van der Waals surface area contributed by atoms with Crippen LogP contribution < -0.4 is 5.73 Å². The lowest BCUT2D eigenvalue weighted by atomic mass is 10.2. The first-order valence-corrected chi connectivity index (χ1v) is 6.04. The van der Waals surface area contributed by atoms with Crippen LogP contribution in [0.5, 0.6) is 0 Å². The first-order valence-electron chi connectivity index (χ1n) is 5.66. The number of rotatable bonds is 1. The van der Waals surface area contributed by atoms with E-state index in [1.54, 1.807) is 0 Å². The van der Waals surface area contributed by atoms with Gasteiger partial charge in [0, 0.05) is 18.2 Å². The van der Waals surface area contributed by atoms with E-state index in [0.717, 1.165) is 22.8 Å². The van der Waals surface area contributed by atoms with Crippen molar-refractivity contribution in [1.82, 2.24) is 9.55 Å². The van der Waals surface area contributed by atoms with Gasteiger partial charge < -0.3 is 5.73 Å². The van der Waals surface area contributed by atoms with Crippen LogP contribution in [0.1, 0.15) is 0 Å². The summed E-state index contributed by atoms with van der Waals surface area (Å²) in [7, 11) is 0. The van der Waals surface area contributed by atoms with Crippen LogP contribution in [0.2, 0.25) is 5.02 Å². The molecule has 0 amide bonds. The quantitative estimate of drug-likeness (QED) is 0.548. The van der Waals surface area contributed by atoms with Gasteiger partial charge in [-0.05, 0) is 6.07 Å². The topological polar surface area (TPSA) is 43.8 Å². The zero-order valence-corrected chi connectivity index (χ0v) is 10.9. The Bertz CT molecular complexity index is 852. The maximum Gasteiger partial charge on any atom is 0.205 e. The number of benzene rings is 2. The molecule has 0 aliphatic heterocycles. The average molecular weight is 316 g/mol. The maximum absolute atomic E-state index is 13.4. The van der Waals surface area contributed by atoms with Gasteiger partial charge in [-0.25, -0.2) is 22.5 Å². The fourth-order valence-electron chi connectivity index (χ4n) is 2.03. The van der Waals surface area contributed by atoms with Crippen molar-refractivity contribution in [2.45, 2.75) is 0 Å². The van der Waals surface area contributed by atoms with E-state index in [-0.39, 0.29) is 27.7 Å². The molecule has 0 radical (unpaired) electrons. The Balaban J connectivity index is 2.34. The molecule has 3 aromatic rings. The highest BCUT2D eigenvalue weighted by atomic mass is 35.5. The Labute approximate surface area is 120 Å². The number of hydrogen-bond donors (Lipinski definition) is 1. The number of anilines is 1. The average Bonchev–Trinajstić information content (AvgIpc) is 2.71. The first kappa shape index (κ1) is 13.7. The molecule has 0 bridgehead atoms. The highest BCUT2D eigenvalue weighted by Crippen LogP contribution is 2.28. The number of imidazole rings is 1. The summed E-state index contributed by atoms with van der Waals surface area (Å²) < 4.78 is 54.2.